The molecule has 0 rings (SSSR count). The second-order valence-electron chi connectivity index (χ2n) is 2.21. The van der Waals surface area contributed by atoms with E-state index in [4.69, 9.17) is 16.7 Å². The Morgan fingerprint density at radius 1 is 1.77 bits per heavy atom. The summed E-state index contributed by atoms with van der Waals surface area (Å²) in [5.41, 5.74) is 0. The largest absolute Gasteiger partial charge is 0.480 e. The maximum atomic E-state index is 10.5. The lowest BCUT2D eigenvalue weighted by Gasteiger charge is -2.09. The minimum absolute atomic E-state index is 0.278. The van der Waals surface area contributed by atoms with E-state index in [0.717, 1.165) is 0 Å². The van der Waals surface area contributed by atoms with Crippen molar-refractivity contribution in [1.29, 1.82) is 0 Å². The maximum absolute atomic E-state index is 10.5. The van der Waals surface area contributed by atoms with Crippen molar-refractivity contribution in [1.82, 2.24) is 5.32 Å². The van der Waals surface area contributed by atoms with Crippen molar-refractivity contribution in [3.63, 3.8) is 0 Å². The Morgan fingerprint density at radius 3 is 2.77 bits per heavy atom. The molecule has 0 aliphatic rings. The van der Waals surface area contributed by atoms with Crippen LogP contribution in [0.2, 0.25) is 0 Å². The summed E-state index contributed by atoms with van der Waals surface area (Å²) in [4.78, 5) is 20.5. The molecule has 0 saturated carbocycles. The molecule has 1 amide bonds. The molecule has 0 aromatic rings. The van der Waals surface area contributed by atoms with Gasteiger partial charge in [-0.2, -0.15) is 11.8 Å². The van der Waals surface area contributed by atoms with Gasteiger partial charge in [-0.25, -0.2) is 4.79 Å². The zero-order valence-corrected chi connectivity index (χ0v) is 8.40. The highest BCUT2D eigenvalue weighted by Gasteiger charge is 2.15. The average molecular weight is 224 g/mol. The first-order valence-electron chi connectivity index (χ1n) is 3.41. The molecule has 0 aliphatic carbocycles. The number of thioether (sulfide) groups is 1. The van der Waals surface area contributed by atoms with Crippen LogP contribution in [-0.4, -0.2) is 35.0 Å². The molecule has 6 heteroatoms. The molecule has 1 atom stereocenters. The summed E-state index contributed by atoms with van der Waals surface area (Å²) < 4.78 is 0. The molecule has 0 aromatic carbocycles. The summed E-state index contributed by atoms with van der Waals surface area (Å²) in [6.07, 6.45) is 0.370. The molecule has 1 unspecified atom stereocenters. The van der Waals surface area contributed by atoms with E-state index >= 15 is 0 Å². The van der Waals surface area contributed by atoms with Crippen LogP contribution >= 0.6 is 23.4 Å². The maximum Gasteiger partial charge on any atom is 0.327 e. The van der Waals surface area contributed by atoms with Crippen LogP contribution < -0.4 is 5.32 Å². The number of carbonyl (C=O) groups is 2. The number of amides is 1. The average Bonchev–Trinajstić information content (AvgIpc) is 2.02. The second-order valence-corrected chi connectivity index (χ2v) is 3.77. The van der Waals surface area contributed by atoms with Crippen LogP contribution in [0.1, 0.15) is 0 Å². The van der Waals surface area contributed by atoms with Crippen molar-refractivity contribution in [2.45, 2.75) is 6.04 Å². The monoisotopic (exact) mass is 223 g/mol. The van der Waals surface area contributed by atoms with Gasteiger partial charge in [-0.1, -0.05) is 18.2 Å². The number of carboxylic acids is 1. The van der Waals surface area contributed by atoms with Crippen molar-refractivity contribution in [3.8, 4) is 0 Å². The lowest BCUT2D eigenvalue weighted by Crippen LogP contribution is -2.37. The highest BCUT2D eigenvalue weighted by molar-refractivity contribution is 7.99. The van der Waals surface area contributed by atoms with Crippen molar-refractivity contribution < 1.29 is 14.7 Å². The van der Waals surface area contributed by atoms with Crippen LogP contribution in [0.15, 0.2) is 11.6 Å². The smallest absolute Gasteiger partial charge is 0.327 e. The van der Waals surface area contributed by atoms with Gasteiger partial charge in [-0.3, -0.25) is 4.79 Å². The first-order chi connectivity index (χ1) is 6.07. The third-order valence-corrected chi connectivity index (χ3v) is 2.52. The molecular formula is C7H10ClNO3S. The SMILES string of the molecule is C=C(Cl)CSCC(NC=O)C(=O)O. The molecule has 2 N–H and O–H groups in total. The molecule has 74 valence electrons. The van der Waals surface area contributed by atoms with Gasteiger partial charge in [0.25, 0.3) is 0 Å². The molecule has 4 nitrogen and oxygen atoms in total. The fraction of sp³-hybridized carbons (Fsp3) is 0.429. The predicted molar refractivity (Wildman–Crippen MR) is 52.9 cm³/mol. The Bertz CT molecular complexity index is 210. The number of halogens is 1. The lowest BCUT2D eigenvalue weighted by atomic mass is 10.3. The fourth-order valence-electron chi connectivity index (χ4n) is 0.560. The summed E-state index contributed by atoms with van der Waals surface area (Å²) in [5.74, 6) is -0.300. The number of carbonyl (C=O) groups excluding carboxylic acids is 1. The van der Waals surface area contributed by atoms with E-state index in [1.165, 1.54) is 11.8 Å². The van der Waals surface area contributed by atoms with Gasteiger partial charge in [0, 0.05) is 16.5 Å². The van der Waals surface area contributed by atoms with E-state index in [1.807, 2.05) is 0 Å². The third kappa shape index (κ3) is 6.48. The Balaban J connectivity index is 3.75. The van der Waals surface area contributed by atoms with Crippen molar-refractivity contribution >= 4 is 35.7 Å². The molecule has 0 spiro atoms. The number of hydrogen-bond donors (Lipinski definition) is 2. The molecule has 0 bridgehead atoms. The first-order valence-corrected chi connectivity index (χ1v) is 4.94. The topological polar surface area (TPSA) is 66.4 Å². The molecule has 0 radical (unpaired) electrons. The van der Waals surface area contributed by atoms with E-state index < -0.39 is 12.0 Å². The number of hydrogen-bond acceptors (Lipinski definition) is 3. The molecule has 0 saturated heterocycles. The lowest BCUT2D eigenvalue weighted by molar-refractivity contribution is -0.139. The zero-order valence-electron chi connectivity index (χ0n) is 6.83. The van der Waals surface area contributed by atoms with Crippen LogP contribution in [0.3, 0.4) is 0 Å². The normalized spacial score (nSPS) is 11.8. The Hall–Kier alpha value is -0.680. The summed E-state index contributed by atoms with van der Waals surface area (Å²) in [6, 6.07) is -0.862. The molecule has 0 heterocycles. The van der Waals surface area contributed by atoms with E-state index in [1.54, 1.807) is 0 Å². The van der Waals surface area contributed by atoms with E-state index in [9.17, 15) is 9.59 Å². The van der Waals surface area contributed by atoms with Gasteiger partial charge >= 0.3 is 5.97 Å². The van der Waals surface area contributed by atoms with Crippen LogP contribution in [-0.2, 0) is 9.59 Å². The second kappa shape index (κ2) is 6.80. The van der Waals surface area contributed by atoms with Crippen LogP contribution in [0.4, 0.5) is 0 Å². The molecule has 13 heavy (non-hydrogen) atoms. The van der Waals surface area contributed by atoms with E-state index in [2.05, 4.69) is 11.9 Å². The first kappa shape index (κ1) is 12.3. The molecule has 0 fully saturated rings. The summed E-state index contributed by atoms with van der Waals surface area (Å²) >= 11 is 6.77. The number of nitrogens with one attached hydrogen (secondary N) is 1. The summed E-state index contributed by atoms with van der Waals surface area (Å²) in [5, 5.41) is 11.2. The van der Waals surface area contributed by atoms with Crippen molar-refractivity contribution in [3.05, 3.63) is 11.6 Å². The molecule has 0 aromatic heterocycles. The quantitative estimate of drug-likeness (QED) is 0.623. The van der Waals surface area contributed by atoms with E-state index in [-0.39, 0.29) is 5.75 Å². The number of aliphatic carboxylic acids is 1. The summed E-state index contributed by atoms with van der Waals surface area (Å²) in [7, 11) is 0. The molecular weight excluding hydrogens is 214 g/mol. The highest BCUT2D eigenvalue weighted by Crippen LogP contribution is 2.10. The highest BCUT2D eigenvalue weighted by atomic mass is 35.5. The molecule has 0 aliphatic heterocycles. The van der Waals surface area contributed by atoms with Crippen molar-refractivity contribution in [2.75, 3.05) is 11.5 Å². The zero-order chi connectivity index (χ0) is 10.3. The van der Waals surface area contributed by atoms with E-state index in [0.29, 0.717) is 17.2 Å². The van der Waals surface area contributed by atoms with Gasteiger partial charge in [-0.15, -0.1) is 0 Å². The fourth-order valence-corrected chi connectivity index (χ4v) is 1.61. The van der Waals surface area contributed by atoms with Crippen LogP contribution in [0.25, 0.3) is 0 Å². The van der Waals surface area contributed by atoms with Gasteiger partial charge in [0.15, 0.2) is 0 Å². The van der Waals surface area contributed by atoms with Gasteiger partial charge < -0.3 is 10.4 Å². The minimum Gasteiger partial charge on any atom is -0.480 e. The Morgan fingerprint density at radius 2 is 2.38 bits per heavy atom. The van der Waals surface area contributed by atoms with Gasteiger partial charge in [0.2, 0.25) is 6.41 Å². The Labute approximate surface area is 85.3 Å². The predicted octanol–water partition coefficient (Wildman–Crippen LogP) is 0.671. The van der Waals surface area contributed by atoms with Gasteiger partial charge in [-0.05, 0) is 0 Å². The summed E-state index contributed by atoms with van der Waals surface area (Å²) in [6.45, 7) is 3.45. The van der Waals surface area contributed by atoms with Crippen LogP contribution in [0.5, 0.6) is 0 Å². The minimum atomic E-state index is -1.06. The van der Waals surface area contributed by atoms with Gasteiger partial charge in [0.1, 0.15) is 6.04 Å². The standard InChI is InChI=1S/C7H10ClNO3S/c1-5(8)2-13-3-6(7(11)12)9-4-10/h4,6H,1-3H2,(H,9,10)(H,11,12). The number of rotatable bonds is 7. The third-order valence-electron chi connectivity index (χ3n) is 1.11. The van der Waals surface area contributed by atoms with Crippen LogP contribution in [0, 0.1) is 0 Å². The number of carboxylic acid groups (broad SMARTS) is 1. The van der Waals surface area contributed by atoms with Crippen molar-refractivity contribution in [2.24, 2.45) is 0 Å². The van der Waals surface area contributed by atoms with Gasteiger partial charge in [0.05, 0.1) is 0 Å². The Kier molecular flexibility index (Phi) is 6.44.